The summed E-state index contributed by atoms with van der Waals surface area (Å²) < 4.78 is 15.9. The number of nitrogens with one attached hydrogen (secondary N) is 2. The van der Waals surface area contributed by atoms with Crippen molar-refractivity contribution >= 4 is 11.8 Å². The van der Waals surface area contributed by atoms with Gasteiger partial charge in [0, 0.05) is 5.56 Å². The number of hydrogen-bond donors (Lipinski definition) is 2. The summed E-state index contributed by atoms with van der Waals surface area (Å²) in [6.45, 7) is 3.61. The lowest BCUT2D eigenvalue weighted by atomic mass is 10.2. The molecule has 2 rings (SSSR count). The Labute approximate surface area is 152 Å². The van der Waals surface area contributed by atoms with Crippen LogP contribution in [0.1, 0.15) is 24.2 Å². The number of hydrazine groups is 1. The molecule has 0 atom stereocenters. The van der Waals surface area contributed by atoms with Crippen molar-refractivity contribution in [1.82, 2.24) is 10.9 Å². The van der Waals surface area contributed by atoms with Crippen LogP contribution in [-0.4, -0.2) is 31.6 Å². The van der Waals surface area contributed by atoms with Gasteiger partial charge in [-0.3, -0.25) is 20.4 Å². The smallest absolute Gasteiger partial charge is 0.276 e. The van der Waals surface area contributed by atoms with E-state index in [4.69, 9.17) is 14.2 Å². The van der Waals surface area contributed by atoms with Gasteiger partial charge in [-0.1, -0.05) is 0 Å². The molecule has 0 aliphatic rings. The lowest BCUT2D eigenvalue weighted by Crippen LogP contribution is -2.43. The van der Waals surface area contributed by atoms with Gasteiger partial charge >= 0.3 is 0 Å². The maximum Gasteiger partial charge on any atom is 0.276 e. The van der Waals surface area contributed by atoms with E-state index in [0.717, 1.165) is 0 Å². The molecule has 2 amide bonds. The van der Waals surface area contributed by atoms with Crippen molar-refractivity contribution in [3.63, 3.8) is 0 Å². The van der Waals surface area contributed by atoms with Crippen LogP contribution < -0.4 is 25.1 Å². The summed E-state index contributed by atoms with van der Waals surface area (Å²) >= 11 is 0. The summed E-state index contributed by atoms with van der Waals surface area (Å²) in [4.78, 5) is 23.8. The molecule has 0 aliphatic heterocycles. The molecule has 0 heterocycles. The van der Waals surface area contributed by atoms with Crippen molar-refractivity contribution in [2.24, 2.45) is 0 Å². The van der Waals surface area contributed by atoms with Crippen molar-refractivity contribution in [1.29, 1.82) is 0 Å². The Morgan fingerprint density at radius 3 is 2.04 bits per heavy atom. The molecule has 7 nitrogen and oxygen atoms in total. The molecule has 0 aliphatic carbocycles. The molecule has 138 valence electrons. The summed E-state index contributed by atoms with van der Waals surface area (Å²) in [7, 11) is 1.57. The first-order chi connectivity index (χ1) is 12.5. The van der Waals surface area contributed by atoms with E-state index in [2.05, 4.69) is 10.9 Å². The monoisotopic (exact) mass is 358 g/mol. The summed E-state index contributed by atoms with van der Waals surface area (Å²) in [6.07, 6.45) is 0.0552. The number of hydrogen-bond acceptors (Lipinski definition) is 5. The Morgan fingerprint density at radius 2 is 1.46 bits per heavy atom. The number of benzene rings is 2. The summed E-state index contributed by atoms with van der Waals surface area (Å²) in [5.41, 5.74) is 5.04. The van der Waals surface area contributed by atoms with Crippen LogP contribution in [0.4, 0.5) is 0 Å². The zero-order valence-electron chi connectivity index (χ0n) is 14.9. The zero-order valence-corrected chi connectivity index (χ0v) is 14.9. The van der Waals surface area contributed by atoms with E-state index in [1.54, 1.807) is 55.6 Å². The minimum Gasteiger partial charge on any atom is -0.497 e. The number of methoxy groups -OCH3 is 1. The van der Waals surface area contributed by atoms with Gasteiger partial charge in [-0.15, -0.1) is 0 Å². The minimum atomic E-state index is -0.478. The first-order valence-electron chi connectivity index (χ1n) is 8.10. The Balaban J connectivity index is 1.76. The van der Waals surface area contributed by atoms with E-state index < -0.39 is 11.8 Å². The summed E-state index contributed by atoms with van der Waals surface area (Å²) in [5, 5.41) is 0. The maximum absolute atomic E-state index is 12.0. The van der Waals surface area contributed by atoms with E-state index >= 15 is 0 Å². The fourth-order valence-electron chi connectivity index (χ4n) is 2.01. The third-order valence-electron chi connectivity index (χ3n) is 3.23. The second-order valence-corrected chi connectivity index (χ2v) is 5.66. The molecule has 0 aromatic heterocycles. The maximum atomic E-state index is 12.0. The van der Waals surface area contributed by atoms with Crippen LogP contribution in [0.25, 0.3) is 0 Å². The highest BCUT2D eigenvalue weighted by molar-refractivity contribution is 5.95. The lowest BCUT2D eigenvalue weighted by Gasteiger charge is -2.11. The Kier molecular flexibility index (Phi) is 6.84. The van der Waals surface area contributed by atoms with Gasteiger partial charge < -0.3 is 14.2 Å². The van der Waals surface area contributed by atoms with Gasteiger partial charge in [0.15, 0.2) is 6.61 Å². The van der Waals surface area contributed by atoms with Gasteiger partial charge in [-0.25, -0.2) is 0 Å². The van der Waals surface area contributed by atoms with Crippen LogP contribution >= 0.6 is 0 Å². The Bertz CT molecular complexity index is 727. The van der Waals surface area contributed by atoms with Gasteiger partial charge in [0.25, 0.3) is 11.8 Å². The summed E-state index contributed by atoms with van der Waals surface area (Å²) in [5.74, 6) is 0.980. The first kappa shape index (κ1) is 19.1. The van der Waals surface area contributed by atoms with Crippen LogP contribution in [0.3, 0.4) is 0 Å². The molecule has 0 bridgehead atoms. The molecule has 0 unspecified atom stereocenters. The second kappa shape index (κ2) is 9.31. The number of amides is 2. The normalized spacial score (nSPS) is 10.2. The molecule has 26 heavy (non-hydrogen) atoms. The van der Waals surface area contributed by atoms with Gasteiger partial charge in [-0.05, 0) is 62.4 Å². The predicted molar refractivity (Wildman–Crippen MR) is 96.3 cm³/mol. The molecule has 0 saturated carbocycles. The van der Waals surface area contributed by atoms with Gasteiger partial charge in [0.1, 0.15) is 17.2 Å². The average Bonchev–Trinajstić information content (AvgIpc) is 2.65. The van der Waals surface area contributed by atoms with Crippen molar-refractivity contribution in [3.8, 4) is 17.2 Å². The molecular formula is C19H22N2O5. The average molecular weight is 358 g/mol. The molecule has 2 aromatic carbocycles. The van der Waals surface area contributed by atoms with Crippen molar-refractivity contribution in [3.05, 3.63) is 54.1 Å². The first-order valence-corrected chi connectivity index (χ1v) is 8.10. The van der Waals surface area contributed by atoms with E-state index in [0.29, 0.717) is 22.8 Å². The molecule has 7 heteroatoms. The number of carbonyl (C=O) groups is 2. The predicted octanol–water partition coefficient (Wildman–Crippen LogP) is 2.32. The largest absolute Gasteiger partial charge is 0.497 e. The lowest BCUT2D eigenvalue weighted by molar-refractivity contribution is -0.123. The molecule has 0 saturated heterocycles. The van der Waals surface area contributed by atoms with Gasteiger partial charge in [0.05, 0.1) is 13.2 Å². The number of carbonyl (C=O) groups excluding carboxylic acids is 2. The second-order valence-electron chi connectivity index (χ2n) is 5.66. The van der Waals surface area contributed by atoms with E-state index in [1.807, 2.05) is 13.8 Å². The van der Waals surface area contributed by atoms with Crippen LogP contribution in [0.5, 0.6) is 17.2 Å². The fourth-order valence-corrected chi connectivity index (χ4v) is 2.01. The molecule has 0 radical (unpaired) electrons. The topological polar surface area (TPSA) is 85.9 Å². The highest BCUT2D eigenvalue weighted by Crippen LogP contribution is 2.16. The number of ether oxygens (including phenoxy) is 3. The fraction of sp³-hybridized carbons (Fsp3) is 0.263. The zero-order chi connectivity index (χ0) is 18.9. The molecular weight excluding hydrogens is 336 g/mol. The van der Waals surface area contributed by atoms with Crippen LogP contribution in [0.2, 0.25) is 0 Å². The highest BCUT2D eigenvalue weighted by Gasteiger charge is 2.08. The van der Waals surface area contributed by atoms with E-state index in [1.165, 1.54) is 0 Å². The molecule has 2 aromatic rings. The van der Waals surface area contributed by atoms with Crippen LogP contribution in [-0.2, 0) is 4.79 Å². The molecule has 2 N–H and O–H groups in total. The van der Waals surface area contributed by atoms with Gasteiger partial charge in [-0.2, -0.15) is 0 Å². The third-order valence-corrected chi connectivity index (χ3v) is 3.23. The minimum absolute atomic E-state index is 0.0552. The summed E-state index contributed by atoms with van der Waals surface area (Å²) in [6, 6.07) is 13.5. The van der Waals surface area contributed by atoms with Crippen molar-refractivity contribution in [2.75, 3.05) is 13.7 Å². The van der Waals surface area contributed by atoms with Crippen LogP contribution in [0.15, 0.2) is 48.5 Å². The quantitative estimate of drug-likeness (QED) is 0.742. The van der Waals surface area contributed by atoms with Crippen LogP contribution in [0, 0.1) is 0 Å². The third kappa shape index (κ3) is 6.01. The number of rotatable bonds is 7. The molecule has 0 fully saturated rings. The van der Waals surface area contributed by atoms with Gasteiger partial charge in [0.2, 0.25) is 0 Å². The van der Waals surface area contributed by atoms with E-state index in [9.17, 15) is 9.59 Å². The standard InChI is InChI=1S/C19H22N2O5/c1-13(2)26-17-6-4-14(5-7-17)19(23)21-20-18(22)12-25-16-10-8-15(24-3)9-11-16/h4-11,13H,12H2,1-3H3,(H,20,22)(H,21,23). The highest BCUT2D eigenvalue weighted by atomic mass is 16.5. The Morgan fingerprint density at radius 1 is 0.885 bits per heavy atom. The molecule has 0 spiro atoms. The van der Waals surface area contributed by atoms with Crippen molar-refractivity contribution < 1.29 is 23.8 Å². The SMILES string of the molecule is COc1ccc(OCC(=O)NNC(=O)c2ccc(OC(C)C)cc2)cc1. The van der Waals surface area contributed by atoms with E-state index in [-0.39, 0.29) is 12.7 Å². The van der Waals surface area contributed by atoms with Crippen molar-refractivity contribution in [2.45, 2.75) is 20.0 Å². The Hall–Kier alpha value is -3.22.